The molecule has 4 rings (SSSR count). The Bertz CT molecular complexity index is 1420. The molecule has 4 N–H and O–H groups in total. The van der Waals surface area contributed by atoms with Crippen LogP contribution in [-0.4, -0.2) is 89.4 Å². The van der Waals surface area contributed by atoms with Gasteiger partial charge >= 0.3 is 24.3 Å². The number of fused-ring (bicyclic) bond motifs is 1. The second-order valence-corrected chi connectivity index (χ2v) is 9.38. The quantitative estimate of drug-likeness (QED) is 0.268. The zero-order chi connectivity index (χ0) is 33.9. The molecular formula is C27H27F7N4O7. The fraction of sp³-hybridized carbons (Fsp3) is 0.333. The van der Waals surface area contributed by atoms with Gasteiger partial charge in [-0.05, 0) is 49.8 Å². The minimum Gasteiger partial charge on any atom is -0.490 e. The fourth-order valence-corrected chi connectivity index (χ4v) is 3.46. The van der Waals surface area contributed by atoms with Gasteiger partial charge < -0.3 is 29.9 Å². The number of anilines is 1. The standard InChI is InChI=1S/C23H25FN4O3.2C2HF3O2/c1-28(2)8-9-30-21-11-15(18-12-25-26-13-18)6-7-20(21)27-23(29)17-10-16-4-3-5-19(24)22(16)31-14-17;2*3-2(4,5)1(6)7/h3-7,11-13,17H,8-10,14H2,1-2H3,(H,25,26)(H,27,29);2*(H,6,7). The summed E-state index contributed by atoms with van der Waals surface area (Å²) < 4.78 is 88.9. The third-order valence-electron chi connectivity index (χ3n) is 5.67. The first kappa shape index (κ1) is 36.3. The van der Waals surface area contributed by atoms with Crippen molar-refractivity contribution in [2.24, 2.45) is 5.92 Å². The van der Waals surface area contributed by atoms with Crippen molar-refractivity contribution in [3.05, 3.63) is 60.2 Å². The first-order chi connectivity index (χ1) is 20.9. The lowest BCUT2D eigenvalue weighted by atomic mass is 9.95. The molecule has 1 atom stereocenters. The smallest absolute Gasteiger partial charge is 0.490 e. The van der Waals surface area contributed by atoms with E-state index in [2.05, 4.69) is 15.5 Å². The molecule has 1 aromatic heterocycles. The van der Waals surface area contributed by atoms with Gasteiger partial charge in [0.25, 0.3) is 0 Å². The van der Waals surface area contributed by atoms with Crippen LogP contribution in [0.5, 0.6) is 11.5 Å². The van der Waals surface area contributed by atoms with Crippen molar-refractivity contribution in [1.29, 1.82) is 0 Å². The highest BCUT2D eigenvalue weighted by Gasteiger charge is 2.39. The van der Waals surface area contributed by atoms with Crippen LogP contribution >= 0.6 is 0 Å². The lowest BCUT2D eigenvalue weighted by molar-refractivity contribution is -0.193. The highest BCUT2D eigenvalue weighted by Crippen LogP contribution is 2.33. The summed E-state index contributed by atoms with van der Waals surface area (Å²) >= 11 is 0. The van der Waals surface area contributed by atoms with Crippen molar-refractivity contribution in [1.82, 2.24) is 15.1 Å². The summed E-state index contributed by atoms with van der Waals surface area (Å²) in [7, 11) is 3.94. The molecule has 0 radical (unpaired) electrons. The van der Waals surface area contributed by atoms with Gasteiger partial charge in [-0.1, -0.05) is 18.2 Å². The number of amides is 1. The number of benzene rings is 2. The number of carbonyl (C=O) groups is 3. The number of H-pyrrole nitrogens is 1. The van der Waals surface area contributed by atoms with Crippen molar-refractivity contribution < 1.29 is 64.8 Å². The number of rotatable bonds is 7. The van der Waals surface area contributed by atoms with Gasteiger partial charge in [-0.3, -0.25) is 9.89 Å². The average molecular weight is 653 g/mol. The van der Waals surface area contributed by atoms with Crippen LogP contribution in [0.3, 0.4) is 0 Å². The number of halogens is 7. The molecule has 45 heavy (non-hydrogen) atoms. The van der Waals surface area contributed by atoms with Gasteiger partial charge in [-0.15, -0.1) is 0 Å². The van der Waals surface area contributed by atoms with E-state index in [9.17, 15) is 35.5 Å². The van der Waals surface area contributed by atoms with Gasteiger partial charge in [0.05, 0.1) is 17.8 Å². The number of carbonyl (C=O) groups excluding carboxylic acids is 1. The third kappa shape index (κ3) is 11.6. The van der Waals surface area contributed by atoms with Crippen LogP contribution in [0.25, 0.3) is 11.1 Å². The molecule has 11 nitrogen and oxygen atoms in total. The number of aromatic amines is 1. The maximum absolute atomic E-state index is 13.9. The molecule has 0 aliphatic carbocycles. The number of nitrogens with zero attached hydrogens (tertiary/aromatic N) is 2. The number of aromatic nitrogens is 2. The van der Waals surface area contributed by atoms with Gasteiger partial charge in [0.15, 0.2) is 11.6 Å². The number of para-hydroxylation sites is 1. The van der Waals surface area contributed by atoms with Crippen LogP contribution in [0.2, 0.25) is 0 Å². The zero-order valence-corrected chi connectivity index (χ0v) is 23.5. The van der Waals surface area contributed by atoms with E-state index < -0.39 is 36.0 Å². The lowest BCUT2D eigenvalue weighted by Gasteiger charge is -2.25. The molecular weight excluding hydrogens is 625 g/mol. The van der Waals surface area contributed by atoms with E-state index in [1.54, 1.807) is 24.5 Å². The van der Waals surface area contributed by atoms with E-state index in [0.29, 0.717) is 30.0 Å². The predicted octanol–water partition coefficient (Wildman–Crippen LogP) is 4.61. The van der Waals surface area contributed by atoms with Crippen LogP contribution in [0.1, 0.15) is 5.56 Å². The molecule has 1 aliphatic rings. The van der Waals surface area contributed by atoms with Crippen molar-refractivity contribution in [3.8, 4) is 22.6 Å². The van der Waals surface area contributed by atoms with E-state index in [4.69, 9.17) is 29.3 Å². The number of carboxylic acids is 2. The van der Waals surface area contributed by atoms with E-state index in [1.807, 2.05) is 37.2 Å². The second-order valence-electron chi connectivity index (χ2n) is 9.38. The molecule has 2 aromatic carbocycles. The second kappa shape index (κ2) is 15.7. The SMILES string of the molecule is CN(C)CCOc1cc(-c2cn[nH]c2)ccc1NC(=O)C1COc2c(F)cccc2C1.O=C(O)C(F)(F)F.O=C(O)C(F)(F)F. The van der Waals surface area contributed by atoms with Gasteiger partial charge in [0.2, 0.25) is 5.91 Å². The van der Waals surface area contributed by atoms with Crippen molar-refractivity contribution in [3.63, 3.8) is 0 Å². The maximum atomic E-state index is 13.9. The molecule has 0 fully saturated rings. The summed E-state index contributed by atoms with van der Waals surface area (Å²) in [5, 5.41) is 24.0. The van der Waals surface area contributed by atoms with Crippen molar-refractivity contribution in [2.45, 2.75) is 18.8 Å². The lowest BCUT2D eigenvalue weighted by Crippen LogP contribution is -2.33. The number of nitrogens with one attached hydrogen (secondary N) is 2. The normalized spacial score (nSPS) is 14.0. The first-order valence-electron chi connectivity index (χ1n) is 12.6. The van der Waals surface area contributed by atoms with Crippen LogP contribution < -0.4 is 14.8 Å². The first-order valence-corrected chi connectivity index (χ1v) is 12.6. The van der Waals surface area contributed by atoms with E-state index >= 15 is 0 Å². The summed E-state index contributed by atoms with van der Waals surface area (Å²) in [6.45, 7) is 1.34. The van der Waals surface area contributed by atoms with Crippen LogP contribution in [-0.2, 0) is 20.8 Å². The topological polar surface area (TPSA) is 154 Å². The van der Waals surface area contributed by atoms with Crippen molar-refractivity contribution in [2.75, 3.05) is 39.2 Å². The Morgan fingerprint density at radius 3 is 2.20 bits per heavy atom. The Morgan fingerprint density at radius 2 is 1.67 bits per heavy atom. The Hall–Kier alpha value is -4.87. The molecule has 0 saturated heterocycles. The number of aliphatic carboxylic acids is 2. The summed E-state index contributed by atoms with van der Waals surface area (Å²) in [6.07, 6.45) is -6.22. The zero-order valence-electron chi connectivity index (χ0n) is 23.5. The van der Waals surface area contributed by atoms with Crippen molar-refractivity contribution >= 4 is 23.5 Å². The molecule has 2 heterocycles. The minimum atomic E-state index is -5.08. The highest BCUT2D eigenvalue weighted by atomic mass is 19.4. The third-order valence-corrected chi connectivity index (χ3v) is 5.67. The number of alkyl halides is 6. The van der Waals surface area contributed by atoms with Gasteiger partial charge in [0.1, 0.15) is 19.0 Å². The maximum Gasteiger partial charge on any atom is 0.490 e. The number of hydrogen-bond acceptors (Lipinski definition) is 7. The minimum absolute atomic E-state index is 0.129. The van der Waals surface area contributed by atoms with E-state index in [-0.39, 0.29) is 18.3 Å². The Labute approximate surface area is 250 Å². The summed E-state index contributed by atoms with van der Waals surface area (Å²) in [5.74, 6) is -5.70. The summed E-state index contributed by atoms with van der Waals surface area (Å²) in [6, 6.07) is 10.4. The Balaban J connectivity index is 0.000000421. The number of likely N-dealkylation sites (N-methyl/N-ethyl adjacent to an activating group) is 1. The Kier molecular flexibility index (Phi) is 12.7. The molecule has 1 unspecified atom stereocenters. The van der Waals surface area contributed by atoms with Crippen LogP contribution in [0, 0.1) is 11.7 Å². The van der Waals surface area contributed by atoms with E-state index in [0.717, 1.165) is 17.7 Å². The summed E-state index contributed by atoms with van der Waals surface area (Å²) in [4.78, 5) is 32.8. The largest absolute Gasteiger partial charge is 0.490 e. The van der Waals surface area contributed by atoms with Gasteiger partial charge in [-0.2, -0.15) is 31.4 Å². The molecule has 1 amide bonds. The number of ether oxygens (including phenoxy) is 2. The predicted molar refractivity (Wildman–Crippen MR) is 143 cm³/mol. The molecule has 246 valence electrons. The average Bonchev–Trinajstić information content (AvgIpc) is 3.48. The number of carboxylic acid groups (broad SMARTS) is 2. The molecule has 3 aromatic rings. The molecule has 1 aliphatic heterocycles. The molecule has 0 saturated carbocycles. The van der Waals surface area contributed by atoms with Crippen LogP contribution in [0.4, 0.5) is 36.4 Å². The van der Waals surface area contributed by atoms with Crippen LogP contribution in [0.15, 0.2) is 48.8 Å². The number of hydrogen-bond donors (Lipinski definition) is 4. The van der Waals surface area contributed by atoms with Gasteiger partial charge in [-0.25, -0.2) is 14.0 Å². The highest BCUT2D eigenvalue weighted by molar-refractivity contribution is 5.95. The summed E-state index contributed by atoms with van der Waals surface area (Å²) in [5.41, 5.74) is 3.14. The fourth-order valence-electron chi connectivity index (χ4n) is 3.46. The van der Waals surface area contributed by atoms with Gasteiger partial charge in [0, 0.05) is 18.3 Å². The Morgan fingerprint density at radius 1 is 1.04 bits per heavy atom. The monoisotopic (exact) mass is 652 g/mol. The molecule has 0 spiro atoms. The van der Waals surface area contributed by atoms with E-state index in [1.165, 1.54) is 6.07 Å². The molecule has 0 bridgehead atoms. The molecule has 18 heteroatoms.